The van der Waals surface area contributed by atoms with Crippen molar-refractivity contribution in [3.8, 4) is 0 Å². The molecule has 0 aliphatic carbocycles. The topological polar surface area (TPSA) is 113 Å². The maximum atomic E-state index is 12.1. The number of nitrogens with one attached hydrogen (secondary N) is 1. The summed E-state index contributed by atoms with van der Waals surface area (Å²) in [6, 6.07) is -0.271. The molecule has 1 rings (SSSR count). The molecule has 0 aromatic carbocycles. The first-order chi connectivity index (χ1) is 9.85. The number of rotatable bonds is 7. The van der Waals surface area contributed by atoms with Crippen LogP contribution >= 0.6 is 0 Å². The predicted molar refractivity (Wildman–Crippen MR) is 75.4 cm³/mol. The molecule has 1 aliphatic heterocycles. The monoisotopic (exact) mass is 322 g/mol. The molecule has 0 radical (unpaired) electrons. The van der Waals surface area contributed by atoms with Crippen molar-refractivity contribution in [2.45, 2.75) is 38.6 Å². The molecule has 0 aromatic rings. The van der Waals surface area contributed by atoms with Crippen LogP contribution in [0.25, 0.3) is 0 Å². The highest BCUT2D eigenvalue weighted by molar-refractivity contribution is 7.89. The van der Waals surface area contributed by atoms with Gasteiger partial charge >= 0.3 is 12.1 Å². The van der Waals surface area contributed by atoms with Crippen molar-refractivity contribution in [3.63, 3.8) is 0 Å². The van der Waals surface area contributed by atoms with E-state index in [0.717, 1.165) is 0 Å². The molecule has 1 heterocycles. The largest absolute Gasteiger partial charge is 0.481 e. The van der Waals surface area contributed by atoms with Crippen LogP contribution in [0.1, 0.15) is 32.6 Å². The number of carboxylic acids is 1. The number of nitrogens with zero attached hydrogens (tertiary/aromatic N) is 1. The van der Waals surface area contributed by atoms with Gasteiger partial charge in [0.1, 0.15) is 0 Å². The summed E-state index contributed by atoms with van der Waals surface area (Å²) in [6.45, 7) is 2.56. The molecule has 2 N–H and O–H groups in total. The molecular weight excluding hydrogens is 300 g/mol. The summed E-state index contributed by atoms with van der Waals surface area (Å²) >= 11 is 0. The standard InChI is InChI=1S/C12H22N2O6S/c1-2-20-12(17)13-10-5-3-7-14(9-10)21(18,19)8-4-6-11(15)16/h10H,2-9H2,1H3,(H,13,17)(H,15,16). The van der Waals surface area contributed by atoms with Crippen LogP contribution in [0.2, 0.25) is 0 Å². The number of carboxylic acid groups (broad SMARTS) is 1. The molecule has 21 heavy (non-hydrogen) atoms. The van der Waals surface area contributed by atoms with Crippen molar-refractivity contribution in [1.82, 2.24) is 9.62 Å². The Hall–Kier alpha value is -1.35. The Kier molecular flexibility index (Phi) is 6.90. The van der Waals surface area contributed by atoms with Gasteiger partial charge in [-0.1, -0.05) is 0 Å². The molecule has 0 bridgehead atoms. The van der Waals surface area contributed by atoms with E-state index in [4.69, 9.17) is 9.84 Å². The van der Waals surface area contributed by atoms with Crippen molar-refractivity contribution >= 4 is 22.1 Å². The number of aliphatic carboxylic acids is 1. The number of hydrogen-bond donors (Lipinski definition) is 2. The number of ether oxygens (including phenoxy) is 1. The van der Waals surface area contributed by atoms with Crippen LogP contribution in [0.5, 0.6) is 0 Å². The number of alkyl carbamates (subject to hydrolysis) is 1. The van der Waals surface area contributed by atoms with Gasteiger partial charge in [-0.25, -0.2) is 13.2 Å². The van der Waals surface area contributed by atoms with E-state index < -0.39 is 22.1 Å². The number of piperidine rings is 1. The molecule has 1 aliphatic rings. The van der Waals surface area contributed by atoms with Gasteiger partial charge in [0.25, 0.3) is 0 Å². The van der Waals surface area contributed by atoms with Crippen LogP contribution in [-0.4, -0.2) is 61.4 Å². The van der Waals surface area contributed by atoms with Crippen molar-refractivity contribution in [1.29, 1.82) is 0 Å². The quantitative estimate of drug-likeness (QED) is 0.701. The lowest BCUT2D eigenvalue weighted by Gasteiger charge is -2.32. The predicted octanol–water partition coefficient (Wildman–Crippen LogP) is 0.392. The molecule has 9 heteroatoms. The fraction of sp³-hybridized carbons (Fsp3) is 0.833. The lowest BCUT2D eigenvalue weighted by atomic mass is 10.1. The maximum absolute atomic E-state index is 12.1. The molecule has 0 aromatic heterocycles. The van der Waals surface area contributed by atoms with Gasteiger partial charge in [-0.2, -0.15) is 4.31 Å². The number of carbonyl (C=O) groups excluding carboxylic acids is 1. The van der Waals surface area contributed by atoms with Gasteiger partial charge in [-0.05, 0) is 26.2 Å². The highest BCUT2D eigenvalue weighted by Gasteiger charge is 2.29. The van der Waals surface area contributed by atoms with Crippen molar-refractivity contribution in [2.24, 2.45) is 0 Å². The van der Waals surface area contributed by atoms with Gasteiger partial charge in [0.05, 0.1) is 12.4 Å². The van der Waals surface area contributed by atoms with Crippen LogP contribution in [0.15, 0.2) is 0 Å². The van der Waals surface area contributed by atoms with E-state index in [1.54, 1.807) is 6.92 Å². The molecule has 1 saturated heterocycles. The van der Waals surface area contributed by atoms with E-state index in [1.165, 1.54) is 4.31 Å². The Labute approximate surface area is 124 Å². The minimum Gasteiger partial charge on any atom is -0.481 e. The molecule has 122 valence electrons. The summed E-state index contributed by atoms with van der Waals surface area (Å²) in [7, 11) is -3.48. The highest BCUT2D eigenvalue weighted by Crippen LogP contribution is 2.15. The van der Waals surface area contributed by atoms with Gasteiger partial charge in [-0.15, -0.1) is 0 Å². The summed E-state index contributed by atoms with van der Waals surface area (Å²) < 4.78 is 30.3. The molecule has 1 unspecified atom stereocenters. The van der Waals surface area contributed by atoms with Gasteiger partial charge in [-0.3, -0.25) is 4.79 Å². The van der Waals surface area contributed by atoms with Crippen LogP contribution in [0, 0.1) is 0 Å². The molecule has 0 spiro atoms. The number of carbonyl (C=O) groups is 2. The molecule has 8 nitrogen and oxygen atoms in total. The van der Waals surface area contributed by atoms with E-state index in [2.05, 4.69) is 5.32 Å². The van der Waals surface area contributed by atoms with E-state index >= 15 is 0 Å². The van der Waals surface area contributed by atoms with E-state index in [-0.39, 0.29) is 37.8 Å². The Balaban J connectivity index is 2.50. The van der Waals surface area contributed by atoms with Crippen LogP contribution < -0.4 is 5.32 Å². The Morgan fingerprint density at radius 1 is 1.43 bits per heavy atom. The summed E-state index contributed by atoms with van der Waals surface area (Å²) in [5, 5.41) is 11.2. The second-order valence-electron chi connectivity index (χ2n) is 4.88. The van der Waals surface area contributed by atoms with Crippen LogP contribution in [0.4, 0.5) is 4.79 Å². The zero-order chi connectivity index (χ0) is 15.9. The first-order valence-corrected chi connectivity index (χ1v) is 8.59. The van der Waals surface area contributed by atoms with Gasteiger partial charge in [0.15, 0.2) is 0 Å². The summed E-state index contributed by atoms with van der Waals surface area (Å²) in [6.07, 6.45) is 0.712. The average Bonchev–Trinajstić information content (AvgIpc) is 2.38. The average molecular weight is 322 g/mol. The third-order valence-electron chi connectivity index (χ3n) is 3.17. The van der Waals surface area contributed by atoms with E-state index in [0.29, 0.717) is 19.4 Å². The summed E-state index contributed by atoms with van der Waals surface area (Å²) in [5.41, 5.74) is 0. The smallest absolute Gasteiger partial charge is 0.407 e. The minimum absolute atomic E-state index is 0.0874. The number of hydrogen-bond acceptors (Lipinski definition) is 5. The van der Waals surface area contributed by atoms with Crippen LogP contribution in [0.3, 0.4) is 0 Å². The second kappa shape index (κ2) is 8.18. The zero-order valence-corrected chi connectivity index (χ0v) is 12.9. The maximum Gasteiger partial charge on any atom is 0.407 e. The first-order valence-electron chi connectivity index (χ1n) is 6.98. The Morgan fingerprint density at radius 3 is 2.76 bits per heavy atom. The molecule has 1 atom stereocenters. The van der Waals surface area contributed by atoms with Crippen molar-refractivity contribution in [2.75, 3.05) is 25.4 Å². The molecule has 1 fully saturated rings. The lowest BCUT2D eigenvalue weighted by molar-refractivity contribution is -0.137. The number of sulfonamides is 1. The van der Waals surface area contributed by atoms with E-state index in [9.17, 15) is 18.0 Å². The zero-order valence-electron chi connectivity index (χ0n) is 12.1. The third-order valence-corrected chi connectivity index (χ3v) is 5.09. The molecule has 0 saturated carbocycles. The molecule has 1 amide bonds. The highest BCUT2D eigenvalue weighted by atomic mass is 32.2. The normalized spacial score (nSPS) is 20.0. The number of amides is 1. The van der Waals surface area contributed by atoms with Gasteiger partial charge in [0, 0.05) is 25.6 Å². The van der Waals surface area contributed by atoms with Gasteiger partial charge in [0.2, 0.25) is 10.0 Å². The van der Waals surface area contributed by atoms with E-state index in [1.807, 2.05) is 0 Å². The van der Waals surface area contributed by atoms with Crippen LogP contribution in [-0.2, 0) is 19.6 Å². The summed E-state index contributed by atoms with van der Waals surface area (Å²) in [5.74, 6) is -1.20. The summed E-state index contributed by atoms with van der Waals surface area (Å²) in [4.78, 5) is 21.8. The van der Waals surface area contributed by atoms with Gasteiger partial charge < -0.3 is 15.2 Å². The SMILES string of the molecule is CCOC(=O)NC1CCCN(S(=O)(=O)CCCC(=O)O)C1. The molecular formula is C12H22N2O6S. The first kappa shape index (κ1) is 17.7. The lowest BCUT2D eigenvalue weighted by Crippen LogP contribution is -2.50. The fourth-order valence-electron chi connectivity index (χ4n) is 2.19. The van der Waals surface area contributed by atoms with Crippen molar-refractivity contribution in [3.05, 3.63) is 0 Å². The Bertz CT molecular complexity index is 464. The minimum atomic E-state index is -3.48. The third kappa shape index (κ3) is 6.30. The Morgan fingerprint density at radius 2 is 2.14 bits per heavy atom. The van der Waals surface area contributed by atoms with Crippen molar-refractivity contribution < 1.29 is 27.9 Å². The fourth-order valence-corrected chi connectivity index (χ4v) is 3.77. The second-order valence-corrected chi connectivity index (χ2v) is 6.96.